The van der Waals surface area contributed by atoms with Gasteiger partial charge in [0.2, 0.25) is 0 Å². The van der Waals surface area contributed by atoms with Gasteiger partial charge in [-0.2, -0.15) is 0 Å². The van der Waals surface area contributed by atoms with Gasteiger partial charge in [-0.25, -0.2) is 12.8 Å². The first-order chi connectivity index (χ1) is 12.7. The van der Waals surface area contributed by atoms with Crippen molar-refractivity contribution in [2.24, 2.45) is 0 Å². The fourth-order valence-corrected chi connectivity index (χ4v) is 3.75. The molecule has 0 saturated heterocycles. The first-order valence-electron chi connectivity index (χ1n) is 7.85. The van der Waals surface area contributed by atoms with Crippen LogP contribution < -0.4 is 4.31 Å². The Bertz CT molecular complexity index is 960. The molecule has 2 rings (SSSR count). The molecule has 0 bridgehead atoms. The molecule has 0 aliphatic rings. The van der Waals surface area contributed by atoms with Gasteiger partial charge in [0, 0.05) is 11.6 Å². The summed E-state index contributed by atoms with van der Waals surface area (Å²) in [5.74, 6) is -1.40. The van der Waals surface area contributed by atoms with Crippen molar-refractivity contribution in [3.05, 3.63) is 64.0 Å². The van der Waals surface area contributed by atoms with Crippen LogP contribution in [0.15, 0.2) is 47.4 Å². The molecule has 0 atom stereocenters. The smallest absolute Gasteiger partial charge is 0.326 e. The lowest BCUT2D eigenvalue weighted by Crippen LogP contribution is -2.36. The van der Waals surface area contributed by atoms with Crippen molar-refractivity contribution in [3.8, 4) is 0 Å². The van der Waals surface area contributed by atoms with E-state index in [9.17, 15) is 27.7 Å². The van der Waals surface area contributed by atoms with Crippen molar-refractivity contribution >= 4 is 27.4 Å². The Morgan fingerprint density at radius 3 is 2.41 bits per heavy atom. The van der Waals surface area contributed by atoms with Crippen LogP contribution in [0.2, 0.25) is 0 Å². The number of nitro groups is 1. The number of aryl methyl sites for hydroxylation is 1. The zero-order valence-electron chi connectivity index (χ0n) is 14.6. The monoisotopic (exact) mass is 396 g/mol. The number of carbonyl (C=O) groups is 1. The van der Waals surface area contributed by atoms with Crippen LogP contribution in [-0.2, 0) is 19.6 Å². The van der Waals surface area contributed by atoms with Gasteiger partial charge in [0.05, 0.1) is 22.1 Å². The lowest BCUT2D eigenvalue weighted by molar-refractivity contribution is -0.385. The van der Waals surface area contributed by atoms with Gasteiger partial charge in [-0.05, 0) is 44.2 Å². The molecule has 0 amide bonds. The van der Waals surface area contributed by atoms with Crippen molar-refractivity contribution in [1.29, 1.82) is 0 Å². The highest BCUT2D eigenvalue weighted by Gasteiger charge is 2.29. The number of hydrogen-bond donors (Lipinski definition) is 0. The summed E-state index contributed by atoms with van der Waals surface area (Å²) in [7, 11) is -4.35. The topological polar surface area (TPSA) is 107 Å². The Kier molecular flexibility index (Phi) is 6.11. The van der Waals surface area contributed by atoms with E-state index in [2.05, 4.69) is 0 Å². The molecule has 2 aromatic rings. The average molecular weight is 396 g/mol. The number of benzene rings is 2. The van der Waals surface area contributed by atoms with Crippen molar-refractivity contribution < 1.29 is 27.3 Å². The molecule has 0 spiro atoms. The predicted molar refractivity (Wildman–Crippen MR) is 95.4 cm³/mol. The van der Waals surface area contributed by atoms with Crippen LogP contribution in [-0.4, -0.2) is 32.5 Å². The summed E-state index contributed by atoms with van der Waals surface area (Å²) in [5, 5.41) is 11.1. The SMILES string of the molecule is CCOC(=O)CN(c1ccc(F)cc1)S(=O)(=O)c1ccc(C)c([N+](=O)[O-])c1. The van der Waals surface area contributed by atoms with E-state index in [0.717, 1.165) is 22.5 Å². The molecule has 144 valence electrons. The Hall–Kier alpha value is -3.01. The van der Waals surface area contributed by atoms with Crippen molar-refractivity contribution in [3.63, 3.8) is 0 Å². The fourth-order valence-electron chi connectivity index (χ4n) is 2.32. The average Bonchev–Trinajstić information content (AvgIpc) is 2.60. The van der Waals surface area contributed by atoms with Gasteiger partial charge in [-0.3, -0.25) is 19.2 Å². The number of hydrogen-bond acceptors (Lipinski definition) is 6. The van der Waals surface area contributed by atoms with E-state index < -0.39 is 33.3 Å². The summed E-state index contributed by atoms with van der Waals surface area (Å²) in [6.07, 6.45) is 0. The second-order valence-electron chi connectivity index (χ2n) is 5.50. The Balaban J connectivity index is 2.55. The number of nitrogens with zero attached hydrogens (tertiary/aromatic N) is 2. The number of nitro benzene ring substituents is 1. The van der Waals surface area contributed by atoms with E-state index in [0.29, 0.717) is 0 Å². The largest absolute Gasteiger partial charge is 0.465 e. The molecule has 0 aromatic heterocycles. The van der Waals surface area contributed by atoms with Crippen LogP contribution in [0, 0.1) is 22.9 Å². The van der Waals surface area contributed by atoms with E-state index in [-0.39, 0.29) is 28.4 Å². The van der Waals surface area contributed by atoms with E-state index in [4.69, 9.17) is 4.74 Å². The maximum absolute atomic E-state index is 13.2. The third-order valence-electron chi connectivity index (χ3n) is 3.66. The lowest BCUT2D eigenvalue weighted by atomic mass is 10.2. The zero-order chi connectivity index (χ0) is 20.2. The Morgan fingerprint density at radius 1 is 1.22 bits per heavy atom. The van der Waals surface area contributed by atoms with Crippen molar-refractivity contribution in [2.75, 3.05) is 17.5 Å². The molecule has 0 saturated carbocycles. The molecule has 8 nitrogen and oxygen atoms in total. The summed E-state index contributed by atoms with van der Waals surface area (Å²) in [6, 6.07) is 7.90. The Labute approximate surface area is 155 Å². The maximum Gasteiger partial charge on any atom is 0.326 e. The number of halogens is 1. The molecule has 0 radical (unpaired) electrons. The first kappa shape index (κ1) is 20.3. The second-order valence-corrected chi connectivity index (χ2v) is 7.36. The van der Waals surface area contributed by atoms with Gasteiger partial charge in [0.1, 0.15) is 12.4 Å². The quantitative estimate of drug-likeness (QED) is 0.405. The molecule has 0 aliphatic heterocycles. The molecule has 10 heteroatoms. The second kappa shape index (κ2) is 8.12. The molecule has 0 heterocycles. The normalized spacial score (nSPS) is 11.1. The number of anilines is 1. The lowest BCUT2D eigenvalue weighted by Gasteiger charge is -2.23. The third kappa shape index (κ3) is 4.59. The van der Waals surface area contributed by atoms with Crippen LogP contribution in [0.4, 0.5) is 15.8 Å². The van der Waals surface area contributed by atoms with Crippen molar-refractivity contribution in [2.45, 2.75) is 18.7 Å². The van der Waals surface area contributed by atoms with Crippen LogP contribution >= 0.6 is 0 Å². The van der Waals surface area contributed by atoms with Gasteiger partial charge in [0.15, 0.2) is 0 Å². The van der Waals surface area contributed by atoms with E-state index in [1.807, 2.05) is 0 Å². The molecule has 0 aliphatic carbocycles. The minimum atomic E-state index is -4.35. The van der Waals surface area contributed by atoms with Crippen LogP contribution in [0.3, 0.4) is 0 Å². The highest BCUT2D eigenvalue weighted by Crippen LogP contribution is 2.28. The van der Waals surface area contributed by atoms with E-state index in [1.165, 1.54) is 31.2 Å². The third-order valence-corrected chi connectivity index (χ3v) is 5.43. The summed E-state index contributed by atoms with van der Waals surface area (Å²) in [4.78, 5) is 22.0. The summed E-state index contributed by atoms with van der Waals surface area (Å²) in [5.41, 5.74) is -0.0587. The van der Waals surface area contributed by atoms with E-state index >= 15 is 0 Å². The number of ether oxygens (including phenoxy) is 1. The number of carbonyl (C=O) groups excluding carboxylic acids is 1. The summed E-state index contributed by atoms with van der Waals surface area (Å²) >= 11 is 0. The van der Waals surface area contributed by atoms with Gasteiger partial charge >= 0.3 is 5.97 Å². The number of rotatable bonds is 7. The zero-order valence-corrected chi connectivity index (χ0v) is 15.4. The van der Waals surface area contributed by atoms with Gasteiger partial charge < -0.3 is 4.74 Å². The number of esters is 1. The van der Waals surface area contributed by atoms with Crippen molar-refractivity contribution in [1.82, 2.24) is 0 Å². The van der Waals surface area contributed by atoms with E-state index in [1.54, 1.807) is 6.92 Å². The molecule has 0 unspecified atom stereocenters. The summed E-state index contributed by atoms with van der Waals surface area (Å²) < 4.78 is 44.8. The molecular formula is C17H17FN2O6S. The fraction of sp³-hybridized carbons (Fsp3) is 0.235. The van der Waals surface area contributed by atoms with Gasteiger partial charge in [-0.1, -0.05) is 6.07 Å². The minimum absolute atomic E-state index is 0.0210. The minimum Gasteiger partial charge on any atom is -0.465 e. The maximum atomic E-state index is 13.2. The van der Waals surface area contributed by atoms with Gasteiger partial charge in [0.25, 0.3) is 15.7 Å². The highest BCUT2D eigenvalue weighted by molar-refractivity contribution is 7.92. The molecule has 0 fully saturated rings. The number of sulfonamides is 1. The predicted octanol–water partition coefficient (Wildman–Crippen LogP) is 2.80. The standard InChI is InChI=1S/C17H17FN2O6S/c1-3-26-17(21)11-19(14-7-5-13(18)6-8-14)27(24,25)15-9-4-12(2)16(10-15)20(22)23/h4-10H,3,11H2,1-2H3. The Morgan fingerprint density at radius 2 is 1.85 bits per heavy atom. The highest BCUT2D eigenvalue weighted by atomic mass is 32.2. The van der Waals surface area contributed by atoms with Crippen LogP contribution in [0.25, 0.3) is 0 Å². The van der Waals surface area contributed by atoms with Crippen LogP contribution in [0.1, 0.15) is 12.5 Å². The molecule has 2 aromatic carbocycles. The molecular weight excluding hydrogens is 379 g/mol. The van der Waals surface area contributed by atoms with Gasteiger partial charge in [-0.15, -0.1) is 0 Å². The molecule has 27 heavy (non-hydrogen) atoms. The summed E-state index contributed by atoms with van der Waals surface area (Å²) in [6.45, 7) is 2.43. The first-order valence-corrected chi connectivity index (χ1v) is 9.29. The molecule has 0 N–H and O–H groups in total. The van der Waals surface area contributed by atoms with Crippen LogP contribution in [0.5, 0.6) is 0 Å².